The molecule has 2 rings (SSSR count). The van der Waals surface area contributed by atoms with Gasteiger partial charge in [0.15, 0.2) is 0 Å². The standard InChI is InChI=1S/C17H23ClN2O3/c1-17(2,16(22)20-9-5-4-6-10-20)15(21)19-12-7-8-14(23-3)13(18)11-12/h7-8,11H,4-6,9-10H2,1-3H3,(H,19,21). The van der Waals surface area contributed by atoms with Crippen LogP contribution in [0.4, 0.5) is 5.69 Å². The monoisotopic (exact) mass is 338 g/mol. The Balaban J connectivity index is 2.08. The van der Waals surface area contributed by atoms with Gasteiger partial charge in [0.2, 0.25) is 11.8 Å². The summed E-state index contributed by atoms with van der Waals surface area (Å²) in [6, 6.07) is 4.99. The van der Waals surface area contributed by atoms with Gasteiger partial charge < -0.3 is 15.0 Å². The van der Waals surface area contributed by atoms with Gasteiger partial charge >= 0.3 is 0 Å². The molecular formula is C17H23ClN2O3. The second-order valence-electron chi connectivity index (χ2n) is 6.28. The minimum absolute atomic E-state index is 0.130. The van der Waals surface area contributed by atoms with E-state index in [1.165, 1.54) is 7.11 Å². The molecule has 2 amide bonds. The van der Waals surface area contributed by atoms with Gasteiger partial charge in [-0.1, -0.05) is 11.6 Å². The van der Waals surface area contributed by atoms with E-state index in [4.69, 9.17) is 16.3 Å². The smallest absolute Gasteiger partial charge is 0.239 e. The number of nitrogens with zero attached hydrogens (tertiary/aromatic N) is 1. The molecular weight excluding hydrogens is 316 g/mol. The zero-order valence-corrected chi connectivity index (χ0v) is 14.6. The lowest BCUT2D eigenvalue weighted by Crippen LogP contribution is -2.48. The number of carbonyl (C=O) groups is 2. The molecule has 0 atom stereocenters. The minimum atomic E-state index is -1.12. The Labute approximate surface area is 141 Å². The zero-order chi connectivity index (χ0) is 17.0. The van der Waals surface area contributed by atoms with Crippen molar-refractivity contribution in [1.29, 1.82) is 0 Å². The van der Waals surface area contributed by atoms with Gasteiger partial charge in [-0.15, -0.1) is 0 Å². The predicted octanol–water partition coefficient (Wildman–Crippen LogP) is 3.33. The molecule has 0 bridgehead atoms. The number of amides is 2. The van der Waals surface area contributed by atoms with Crippen molar-refractivity contribution in [3.63, 3.8) is 0 Å². The first-order valence-corrected chi connectivity index (χ1v) is 8.18. The van der Waals surface area contributed by atoms with E-state index in [1.807, 2.05) is 0 Å². The molecule has 1 saturated heterocycles. The molecule has 23 heavy (non-hydrogen) atoms. The minimum Gasteiger partial charge on any atom is -0.495 e. The molecule has 1 aromatic rings. The second kappa shape index (κ2) is 7.21. The van der Waals surface area contributed by atoms with Crippen LogP contribution in [0, 0.1) is 5.41 Å². The average Bonchev–Trinajstić information content (AvgIpc) is 2.55. The number of benzene rings is 1. The number of halogens is 1. The van der Waals surface area contributed by atoms with Crippen molar-refractivity contribution in [2.45, 2.75) is 33.1 Å². The molecule has 1 aliphatic heterocycles. The van der Waals surface area contributed by atoms with Crippen LogP contribution in [0.5, 0.6) is 5.75 Å². The Morgan fingerprint density at radius 2 is 1.87 bits per heavy atom. The highest BCUT2D eigenvalue weighted by Crippen LogP contribution is 2.29. The predicted molar refractivity (Wildman–Crippen MR) is 90.8 cm³/mol. The van der Waals surface area contributed by atoms with E-state index in [0.29, 0.717) is 16.5 Å². The van der Waals surface area contributed by atoms with Crippen molar-refractivity contribution in [2.24, 2.45) is 5.41 Å². The van der Waals surface area contributed by atoms with Gasteiger partial charge in [-0.25, -0.2) is 0 Å². The summed E-state index contributed by atoms with van der Waals surface area (Å²) in [4.78, 5) is 27.0. The number of anilines is 1. The Bertz CT molecular complexity index is 596. The molecule has 0 unspecified atom stereocenters. The number of hydrogen-bond donors (Lipinski definition) is 1. The molecule has 0 saturated carbocycles. The summed E-state index contributed by atoms with van der Waals surface area (Å²) >= 11 is 6.06. The van der Waals surface area contributed by atoms with Crippen LogP contribution in [0.15, 0.2) is 18.2 Å². The Hall–Kier alpha value is -1.75. The molecule has 5 nitrogen and oxygen atoms in total. The van der Waals surface area contributed by atoms with Crippen molar-refractivity contribution in [3.8, 4) is 5.75 Å². The average molecular weight is 339 g/mol. The zero-order valence-electron chi connectivity index (χ0n) is 13.8. The van der Waals surface area contributed by atoms with Crippen LogP contribution in [0.3, 0.4) is 0 Å². The fourth-order valence-corrected chi connectivity index (χ4v) is 2.88. The Morgan fingerprint density at radius 3 is 2.43 bits per heavy atom. The van der Waals surface area contributed by atoms with Crippen molar-refractivity contribution in [1.82, 2.24) is 4.90 Å². The highest BCUT2D eigenvalue weighted by atomic mass is 35.5. The molecule has 1 aromatic carbocycles. The van der Waals surface area contributed by atoms with Crippen molar-refractivity contribution >= 4 is 29.1 Å². The summed E-state index contributed by atoms with van der Waals surface area (Å²) in [5.41, 5.74) is -0.579. The maximum absolute atomic E-state index is 12.6. The number of methoxy groups -OCH3 is 1. The van der Waals surface area contributed by atoms with Crippen LogP contribution in [0.1, 0.15) is 33.1 Å². The van der Waals surface area contributed by atoms with E-state index in [9.17, 15) is 9.59 Å². The van der Waals surface area contributed by atoms with Crippen molar-refractivity contribution in [3.05, 3.63) is 23.2 Å². The fraction of sp³-hybridized carbons (Fsp3) is 0.529. The molecule has 0 aromatic heterocycles. The van der Waals surface area contributed by atoms with Gasteiger partial charge in [0.1, 0.15) is 11.2 Å². The Morgan fingerprint density at radius 1 is 1.22 bits per heavy atom. The van der Waals surface area contributed by atoms with Gasteiger partial charge in [-0.2, -0.15) is 0 Å². The van der Waals surface area contributed by atoms with E-state index >= 15 is 0 Å². The SMILES string of the molecule is COc1ccc(NC(=O)C(C)(C)C(=O)N2CCCCC2)cc1Cl. The van der Waals surface area contributed by atoms with Crippen LogP contribution in [0.25, 0.3) is 0 Å². The maximum Gasteiger partial charge on any atom is 0.239 e. The second-order valence-corrected chi connectivity index (χ2v) is 6.69. The molecule has 126 valence electrons. The maximum atomic E-state index is 12.6. The van der Waals surface area contributed by atoms with Gasteiger partial charge in [0.25, 0.3) is 0 Å². The summed E-state index contributed by atoms with van der Waals surface area (Å²) in [7, 11) is 1.53. The van der Waals surface area contributed by atoms with Gasteiger partial charge in [0.05, 0.1) is 12.1 Å². The van der Waals surface area contributed by atoms with E-state index in [0.717, 1.165) is 32.4 Å². The summed E-state index contributed by atoms with van der Waals surface area (Å²) < 4.78 is 5.08. The molecule has 0 aliphatic carbocycles. The molecule has 6 heteroatoms. The molecule has 1 aliphatic rings. The van der Waals surface area contributed by atoms with E-state index in [-0.39, 0.29) is 11.8 Å². The van der Waals surface area contributed by atoms with E-state index in [2.05, 4.69) is 5.32 Å². The van der Waals surface area contributed by atoms with Crippen LogP contribution in [0.2, 0.25) is 5.02 Å². The topological polar surface area (TPSA) is 58.6 Å². The number of carbonyl (C=O) groups excluding carboxylic acids is 2. The number of likely N-dealkylation sites (tertiary alicyclic amines) is 1. The van der Waals surface area contributed by atoms with E-state index < -0.39 is 5.41 Å². The lowest BCUT2D eigenvalue weighted by Gasteiger charge is -2.33. The lowest BCUT2D eigenvalue weighted by atomic mass is 9.89. The summed E-state index contributed by atoms with van der Waals surface area (Å²) in [6.07, 6.45) is 3.13. The quantitative estimate of drug-likeness (QED) is 0.857. The highest BCUT2D eigenvalue weighted by Gasteiger charge is 2.39. The number of nitrogens with one attached hydrogen (secondary N) is 1. The molecule has 0 spiro atoms. The third kappa shape index (κ3) is 3.96. The summed E-state index contributed by atoms with van der Waals surface area (Å²) in [5, 5.41) is 3.18. The van der Waals surface area contributed by atoms with Gasteiger partial charge in [0, 0.05) is 18.8 Å². The first kappa shape index (κ1) is 17.6. The van der Waals surface area contributed by atoms with Gasteiger partial charge in [-0.3, -0.25) is 9.59 Å². The molecule has 1 fully saturated rings. The Kier molecular flexibility index (Phi) is 5.52. The number of hydrogen-bond acceptors (Lipinski definition) is 3. The molecule has 1 heterocycles. The van der Waals surface area contributed by atoms with Crippen LogP contribution in [-0.2, 0) is 9.59 Å². The van der Waals surface area contributed by atoms with E-state index in [1.54, 1.807) is 36.9 Å². The molecule has 0 radical (unpaired) electrons. The van der Waals surface area contributed by atoms with Crippen LogP contribution < -0.4 is 10.1 Å². The number of rotatable bonds is 4. The largest absolute Gasteiger partial charge is 0.495 e. The highest BCUT2D eigenvalue weighted by molar-refractivity contribution is 6.32. The van der Waals surface area contributed by atoms with Gasteiger partial charge in [-0.05, 0) is 51.3 Å². The summed E-state index contributed by atoms with van der Waals surface area (Å²) in [6.45, 7) is 4.77. The van der Waals surface area contributed by atoms with Crippen molar-refractivity contribution < 1.29 is 14.3 Å². The lowest BCUT2D eigenvalue weighted by molar-refractivity contribution is -0.147. The number of ether oxygens (including phenoxy) is 1. The molecule has 1 N–H and O–H groups in total. The van der Waals surface area contributed by atoms with Crippen molar-refractivity contribution in [2.75, 3.05) is 25.5 Å². The van der Waals surface area contributed by atoms with Crippen LogP contribution >= 0.6 is 11.6 Å². The first-order chi connectivity index (χ1) is 10.9. The third-order valence-electron chi connectivity index (χ3n) is 4.16. The number of piperidine rings is 1. The third-order valence-corrected chi connectivity index (χ3v) is 4.45. The van der Waals surface area contributed by atoms with Crippen LogP contribution in [-0.4, -0.2) is 36.9 Å². The normalized spacial score (nSPS) is 15.2. The fourth-order valence-electron chi connectivity index (χ4n) is 2.62. The summed E-state index contributed by atoms with van der Waals surface area (Å²) in [5.74, 6) is 0.0666. The first-order valence-electron chi connectivity index (χ1n) is 7.80.